The molecule has 0 saturated carbocycles. The van der Waals surface area contributed by atoms with Gasteiger partial charge in [0.25, 0.3) is 0 Å². The molecule has 0 aromatic heterocycles. The number of nitrogens with zero attached hydrogens (tertiary/aromatic N) is 3. The van der Waals surface area contributed by atoms with Crippen LogP contribution in [0.5, 0.6) is 0 Å². The van der Waals surface area contributed by atoms with Gasteiger partial charge in [-0.3, -0.25) is 9.69 Å². The molecular weight excluding hydrogens is 286 g/mol. The number of para-hydroxylation sites is 1. The van der Waals surface area contributed by atoms with Crippen molar-refractivity contribution >= 4 is 24.0 Å². The molecule has 0 bridgehead atoms. The van der Waals surface area contributed by atoms with Crippen LogP contribution in [0.1, 0.15) is 12.5 Å². The molecule has 0 spiro atoms. The Hall–Kier alpha value is -1.10. The summed E-state index contributed by atoms with van der Waals surface area (Å²) < 4.78 is 0. The summed E-state index contributed by atoms with van der Waals surface area (Å²) in [6.07, 6.45) is 0.977. The Morgan fingerprint density at radius 2 is 1.86 bits per heavy atom. The summed E-state index contributed by atoms with van der Waals surface area (Å²) in [4.78, 5) is 19.2. The van der Waals surface area contributed by atoms with E-state index in [1.54, 1.807) is 0 Å². The first-order valence-corrected chi connectivity index (χ1v) is 7.46. The lowest BCUT2D eigenvalue weighted by atomic mass is 10.1. The van der Waals surface area contributed by atoms with E-state index in [2.05, 4.69) is 42.0 Å². The molecule has 2 heterocycles. The molecule has 2 aliphatic rings. The van der Waals surface area contributed by atoms with E-state index in [1.165, 1.54) is 5.56 Å². The molecule has 1 aromatic rings. The van der Waals surface area contributed by atoms with Gasteiger partial charge in [-0.15, -0.1) is 12.4 Å². The predicted octanol–water partition coefficient (Wildman–Crippen LogP) is 1.63. The number of rotatable bonds is 2. The van der Waals surface area contributed by atoms with Gasteiger partial charge in [-0.1, -0.05) is 18.2 Å². The summed E-state index contributed by atoms with van der Waals surface area (Å²) in [6.45, 7) is 6.78. The summed E-state index contributed by atoms with van der Waals surface area (Å²) in [5.74, 6) is 0.243. The fourth-order valence-electron chi connectivity index (χ4n) is 3.22. The standard InChI is InChI=1S/C16H23N3O.ClH/c1-13-11-14-5-3-4-6-15(14)19(13)16(20)12-18-9-7-17(2)8-10-18;/h3-6,13H,7-12H2,1-2H3;1H. The van der Waals surface area contributed by atoms with Gasteiger partial charge in [0.05, 0.1) is 6.54 Å². The number of hydrogen-bond acceptors (Lipinski definition) is 3. The Morgan fingerprint density at radius 3 is 2.57 bits per heavy atom. The topological polar surface area (TPSA) is 26.8 Å². The zero-order valence-corrected chi connectivity index (χ0v) is 13.6. The summed E-state index contributed by atoms with van der Waals surface area (Å²) in [6, 6.07) is 8.57. The molecule has 21 heavy (non-hydrogen) atoms. The maximum absolute atomic E-state index is 12.6. The molecule has 1 atom stereocenters. The van der Waals surface area contributed by atoms with Gasteiger partial charge in [0.15, 0.2) is 0 Å². The van der Waals surface area contributed by atoms with E-state index < -0.39 is 0 Å². The Labute approximate surface area is 133 Å². The second kappa shape index (κ2) is 6.77. The van der Waals surface area contributed by atoms with Crippen LogP contribution in [0.3, 0.4) is 0 Å². The van der Waals surface area contributed by atoms with Crippen LogP contribution >= 0.6 is 12.4 Å². The highest BCUT2D eigenvalue weighted by molar-refractivity contribution is 5.97. The molecule has 1 unspecified atom stereocenters. The van der Waals surface area contributed by atoms with Crippen molar-refractivity contribution in [2.45, 2.75) is 19.4 Å². The third-order valence-electron chi connectivity index (χ3n) is 4.43. The number of fused-ring (bicyclic) bond motifs is 1. The lowest BCUT2D eigenvalue weighted by Crippen LogP contribution is -2.49. The monoisotopic (exact) mass is 309 g/mol. The number of halogens is 1. The highest BCUT2D eigenvalue weighted by Gasteiger charge is 2.31. The highest BCUT2D eigenvalue weighted by atomic mass is 35.5. The SMILES string of the molecule is CC1Cc2ccccc2N1C(=O)CN1CCN(C)CC1.Cl. The molecule has 3 rings (SSSR count). The van der Waals surface area contributed by atoms with E-state index in [4.69, 9.17) is 0 Å². The molecule has 1 saturated heterocycles. The van der Waals surface area contributed by atoms with Gasteiger partial charge in [0, 0.05) is 37.9 Å². The summed E-state index contributed by atoms with van der Waals surface area (Å²) in [5, 5.41) is 0. The van der Waals surface area contributed by atoms with Gasteiger partial charge in [0.1, 0.15) is 0 Å². The van der Waals surface area contributed by atoms with Crippen LogP contribution in [0.2, 0.25) is 0 Å². The van der Waals surface area contributed by atoms with Crippen molar-refractivity contribution in [1.82, 2.24) is 9.80 Å². The number of hydrogen-bond donors (Lipinski definition) is 0. The largest absolute Gasteiger partial charge is 0.308 e. The maximum Gasteiger partial charge on any atom is 0.241 e. The molecule has 1 fully saturated rings. The Kier molecular flexibility index (Phi) is 5.25. The van der Waals surface area contributed by atoms with Gasteiger partial charge in [-0.25, -0.2) is 0 Å². The predicted molar refractivity (Wildman–Crippen MR) is 88.3 cm³/mol. The normalized spacial score (nSPS) is 22.8. The first-order chi connectivity index (χ1) is 9.65. The summed E-state index contributed by atoms with van der Waals surface area (Å²) >= 11 is 0. The van der Waals surface area contributed by atoms with Gasteiger partial charge >= 0.3 is 0 Å². The van der Waals surface area contributed by atoms with Crippen LogP contribution < -0.4 is 4.90 Å². The molecule has 5 heteroatoms. The van der Waals surface area contributed by atoms with Crippen molar-refractivity contribution in [2.24, 2.45) is 0 Å². The molecule has 116 valence electrons. The zero-order chi connectivity index (χ0) is 14.1. The average Bonchev–Trinajstić information content (AvgIpc) is 2.77. The van der Waals surface area contributed by atoms with Crippen LogP contribution in [0, 0.1) is 0 Å². The Balaban J connectivity index is 0.00000161. The maximum atomic E-state index is 12.6. The lowest BCUT2D eigenvalue weighted by Gasteiger charge is -2.33. The third-order valence-corrected chi connectivity index (χ3v) is 4.43. The second-order valence-corrected chi connectivity index (χ2v) is 6.03. The van der Waals surface area contributed by atoms with Crippen LogP contribution in [-0.2, 0) is 11.2 Å². The molecular formula is C16H24ClN3O. The fourth-order valence-corrected chi connectivity index (χ4v) is 3.22. The smallest absolute Gasteiger partial charge is 0.241 e. The molecule has 0 N–H and O–H groups in total. The van der Waals surface area contributed by atoms with Gasteiger partial charge < -0.3 is 9.80 Å². The first-order valence-electron chi connectivity index (χ1n) is 7.46. The fraction of sp³-hybridized carbons (Fsp3) is 0.562. The van der Waals surface area contributed by atoms with E-state index >= 15 is 0 Å². The van der Waals surface area contributed by atoms with Crippen molar-refractivity contribution in [1.29, 1.82) is 0 Å². The van der Waals surface area contributed by atoms with Gasteiger partial charge in [0.2, 0.25) is 5.91 Å². The molecule has 1 aromatic carbocycles. The van der Waals surface area contributed by atoms with E-state index in [-0.39, 0.29) is 24.4 Å². The van der Waals surface area contributed by atoms with Gasteiger partial charge in [-0.05, 0) is 32.0 Å². The molecule has 1 amide bonds. The van der Waals surface area contributed by atoms with Gasteiger partial charge in [-0.2, -0.15) is 0 Å². The third kappa shape index (κ3) is 3.39. The molecule has 4 nitrogen and oxygen atoms in total. The minimum atomic E-state index is 0. The van der Waals surface area contributed by atoms with Crippen molar-refractivity contribution < 1.29 is 4.79 Å². The number of carbonyl (C=O) groups excluding carboxylic acids is 1. The second-order valence-electron chi connectivity index (χ2n) is 6.03. The van der Waals surface area contributed by atoms with Crippen molar-refractivity contribution in [3.63, 3.8) is 0 Å². The number of benzene rings is 1. The number of anilines is 1. The molecule has 0 radical (unpaired) electrons. The number of carbonyl (C=O) groups is 1. The van der Waals surface area contributed by atoms with Crippen molar-refractivity contribution in [3.8, 4) is 0 Å². The van der Waals surface area contributed by atoms with Crippen molar-refractivity contribution in [3.05, 3.63) is 29.8 Å². The van der Waals surface area contributed by atoms with E-state index in [9.17, 15) is 4.79 Å². The number of likely N-dealkylation sites (N-methyl/N-ethyl adjacent to an activating group) is 1. The summed E-state index contributed by atoms with van der Waals surface area (Å²) in [7, 11) is 2.14. The zero-order valence-electron chi connectivity index (χ0n) is 12.8. The first kappa shape index (κ1) is 16.3. The van der Waals surface area contributed by atoms with Crippen LogP contribution in [-0.4, -0.2) is 61.5 Å². The highest BCUT2D eigenvalue weighted by Crippen LogP contribution is 2.31. The Bertz CT molecular complexity index is 500. The van der Waals surface area contributed by atoms with E-state index in [0.717, 1.165) is 38.3 Å². The van der Waals surface area contributed by atoms with E-state index in [1.807, 2.05) is 11.0 Å². The van der Waals surface area contributed by atoms with Crippen LogP contribution in [0.25, 0.3) is 0 Å². The van der Waals surface area contributed by atoms with Crippen LogP contribution in [0.4, 0.5) is 5.69 Å². The van der Waals surface area contributed by atoms with Crippen LogP contribution in [0.15, 0.2) is 24.3 Å². The Morgan fingerprint density at radius 1 is 1.19 bits per heavy atom. The quantitative estimate of drug-likeness (QED) is 0.831. The number of amides is 1. The minimum absolute atomic E-state index is 0. The molecule has 2 aliphatic heterocycles. The van der Waals surface area contributed by atoms with E-state index in [0.29, 0.717) is 6.54 Å². The average molecular weight is 310 g/mol. The minimum Gasteiger partial charge on any atom is -0.308 e. The lowest BCUT2D eigenvalue weighted by molar-refractivity contribution is -0.120. The number of piperazine rings is 1. The summed E-state index contributed by atoms with van der Waals surface area (Å²) in [5.41, 5.74) is 2.41. The molecule has 0 aliphatic carbocycles. The van der Waals surface area contributed by atoms with Crippen molar-refractivity contribution in [2.75, 3.05) is 44.7 Å².